The van der Waals surface area contributed by atoms with Crippen LogP contribution in [0.2, 0.25) is 0 Å². The van der Waals surface area contributed by atoms with Gasteiger partial charge in [-0.3, -0.25) is 9.59 Å². The number of nitrogens with two attached hydrogens (primary N) is 1. The smallest absolute Gasteiger partial charge is 0.240 e. The van der Waals surface area contributed by atoms with Crippen LogP contribution in [0.5, 0.6) is 0 Å². The minimum atomic E-state index is -0.456. The van der Waals surface area contributed by atoms with E-state index in [-0.39, 0.29) is 18.4 Å². The fourth-order valence-corrected chi connectivity index (χ4v) is 2.37. The van der Waals surface area contributed by atoms with Gasteiger partial charge in [-0.05, 0) is 12.8 Å². The van der Waals surface area contributed by atoms with Crippen molar-refractivity contribution in [2.24, 2.45) is 5.73 Å². The van der Waals surface area contributed by atoms with Crippen LogP contribution < -0.4 is 11.1 Å². The van der Waals surface area contributed by atoms with Crippen molar-refractivity contribution in [2.45, 2.75) is 31.4 Å². The molecule has 3 N–H and O–H groups in total. The zero-order chi connectivity index (χ0) is 12.3. The van der Waals surface area contributed by atoms with E-state index in [2.05, 4.69) is 5.32 Å². The first kappa shape index (κ1) is 12.3. The zero-order valence-corrected chi connectivity index (χ0v) is 9.85. The summed E-state index contributed by atoms with van der Waals surface area (Å²) in [6.45, 7) is 2.80. The number of amides is 2. The van der Waals surface area contributed by atoms with E-state index in [9.17, 15) is 9.59 Å². The minimum absolute atomic E-state index is 0.0365. The van der Waals surface area contributed by atoms with Crippen LogP contribution in [0.3, 0.4) is 0 Å². The molecule has 2 heterocycles. The highest BCUT2D eigenvalue weighted by atomic mass is 16.5. The molecule has 0 bridgehead atoms. The quantitative estimate of drug-likeness (QED) is 0.650. The summed E-state index contributed by atoms with van der Waals surface area (Å²) in [6.07, 6.45) is 2.31. The number of carbonyl (C=O) groups excluding carboxylic acids is 2. The Labute approximate surface area is 100 Å². The molecule has 96 valence electrons. The van der Waals surface area contributed by atoms with E-state index in [1.165, 1.54) is 0 Å². The fourth-order valence-electron chi connectivity index (χ4n) is 2.37. The normalized spacial score (nSPS) is 29.6. The summed E-state index contributed by atoms with van der Waals surface area (Å²) in [6, 6.07) is -0.456. The number of ether oxygens (including phenoxy) is 1. The lowest BCUT2D eigenvalue weighted by Gasteiger charge is -2.34. The molecule has 17 heavy (non-hydrogen) atoms. The Morgan fingerprint density at radius 3 is 3.06 bits per heavy atom. The fraction of sp³-hybridized carbons (Fsp3) is 0.818. The zero-order valence-electron chi connectivity index (χ0n) is 9.85. The number of nitrogens with one attached hydrogen (secondary N) is 1. The number of carbonyl (C=O) groups is 2. The van der Waals surface area contributed by atoms with E-state index in [0.29, 0.717) is 19.6 Å². The Balaban J connectivity index is 1.88. The molecule has 6 nitrogen and oxygen atoms in total. The molecule has 6 heteroatoms. The van der Waals surface area contributed by atoms with E-state index >= 15 is 0 Å². The molecule has 0 saturated carbocycles. The van der Waals surface area contributed by atoms with Crippen molar-refractivity contribution in [3.05, 3.63) is 0 Å². The molecule has 0 radical (unpaired) electrons. The maximum absolute atomic E-state index is 12.0. The van der Waals surface area contributed by atoms with Crippen LogP contribution in [0.15, 0.2) is 0 Å². The van der Waals surface area contributed by atoms with Crippen molar-refractivity contribution in [3.63, 3.8) is 0 Å². The monoisotopic (exact) mass is 241 g/mol. The first-order chi connectivity index (χ1) is 8.16. The number of hydrogen-bond donors (Lipinski definition) is 2. The van der Waals surface area contributed by atoms with Crippen molar-refractivity contribution in [2.75, 3.05) is 26.2 Å². The molecule has 2 saturated heterocycles. The Morgan fingerprint density at radius 1 is 1.59 bits per heavy atom. The molecule has 2 rings (SSSR count). The summed E-state index contributed by atoms with van der Waals surface area (Å²) in [7, 11) is 0. The Morgan fingerprint density at radius 2 is 2.41 bits per heavy atom. The second kappa shape index (κ2) is 5.46. The van der Waals surface area contributed by atoms with Gasteiger partial charge >= 0.3 is 0 Å². The Hall–Kier alpha value is -1.14. The van der Waals surface area contributed by atoms with Gasteiger partial charge in [0.05, 0.1) is 18.6 Å². The van der Waals surface area contributed by atoms with Crippen LogP contribution in [-0.2, 0) is 14.3 Å². The predicted octanol–water partition coefficient (Wildman–Crippen LogP) is -1.16. The molecule has 0 aliphatic carbocycles. The third kappa shape index (κ3) is 3.17. The number of piperazine rings is 1. The van der Waals surface area contributed by atoms with Gasteiger partial charge in [0.15, 0.2) is 0 Å². The van der Waals surface area contributed by atoms with Gasteiger partial charge < -0.3 is 20.7 Å². The lowest BCUT2D eigenvalue weighted by Crippen LogP contribution is -2.57. The maximum atomic E-state index is 12.0. The molecule has 2 amide bonds. The lowest BCUT2D eigenvalue weighted by molar-refractivity contribution is -0.139. The molecule has 2 atom stereocenters. The number of rotatable bonds is 4. The SMILES string of the molecule is NC(=O)CC1NCCN(CC2CCCO2)C1=O. The van der Waals surface area contributed by atoms with Crippen molar-refractivity contribution in [1.29, 1.82) is 0 Å². The third-order valence-electron chi connectivity index (χ3n) is 3.24. The van der Waals surface area contributed by atoms with Gasteiger partial charge in [-0.2, -0.15) is 0 Å². The molecule has 0 aromatic rings. The van der Waals surface area contributed by atoms with Crippen LogP contribution >= 0.6 is 0 Å². The van der Waals surface area contributed by atoms with E-state index in [0.717, 1.165) is 19.4 Å². The third-order valence-corrected chi connectivity index (χ3v) is 3.24. The number of primary amides is 1. The minimum Gasteiger partial charge on any atom is -0.376 e. The Bertz CT molecular complexity index is 302. The highest BCUT2D eigenvalue weighted by Gasteiger charge is 2.31. The van der Waals surface area contributed by atoms with E-state index in [1.54, 1.807) is 4.90 Å². The van der Waals surface area contributed by atoms with Crippen LogP contribution in [0.1, 0.15) is 19.3 Å². The molecule has 0 aromatic carbocycles. The van der Waals surface area contributed by atoms with E-state index < -0.39 is 11.9 Å². The first-order valence-corrected chi connectivity index (χ1v) is 6.09. The molecule has 0 spiro atoms. The largest absolute Gasteiger partial charge is 0.376 e. The van der Waals surface area contributed by atoms with Gasteiger partial charge in [0.25, 0.3) is 0 Å². The second-order valence-corrected chi connectivity index (χ2v) is 4.60. The van der Waals surface area contributed by atoms with Gasteiger partial charge in [0, 0.05) is 26.2 Å². The van der Waals surface area contributed by atoms with Crippen molar-refractivity contribution >= 4 is 11.8 Å². The highest BCUT2D eigenvalue weighted by Crippen LogP contribution is 2.15. The summed E-state index contributed by atoms with van der Waals surface area (Å²) in [5, 5.41) is 3.02. The van der Waals surface area contributed by atoms with Gasteiger partial charge in [-0.1, -0.05) is 0 Å². The van der Waals surface area contributed by atoms with Crippen LogP contribution in [0.4, 0.5) is 0 Å². The van der Waals surface area contributed by atoms with Gasteiger partial charge in [-0.25, -0.2) is 0 Å². The first-order valence-electron chi connectivity index (χ1n) is 6.09. The molecule has 2 fully saturated rings. The lowest BCUT2D eigenvalue weighted by atomic mass is 10.1. The number of hydrogen-bond acceptors (Lipinski definition) is 4. The van der Waals surface area contributed by atoms with Crippen molar-refractivity contribution in [3.8, 4) is 0 Å². The summed E-state index contributed by atoms with van der Waals surface area (Å²) in [5.74, 6) is -0.486. The molecular weight excluding hydrogens is 222 g/mol. The van der Waals surface area contributed by atoms with Crippen molar-refractivity contribution in [1.82, 2.24) is 10.2 Å². The molecule has 0 aromatic heterocycles. The number of nitrogens with zero attached hydrogens (tertiary/aromatic N) is 1. The van der Waals surface area contributed by atoms with E-state index in [4.69, 9.17) is 10.5 Å². The van der Waals surface area contributed by atoms with Crippen molar-refractivity contribution < 1.29 is 14.3 Å². The van der Waals surface area contributed by atoms with Gasteiger partial charge in [0.1, 0.15) is 0 Å². The Kier molecular flexibility index (Phi) is 3.96. The second-order valence-electron chi connectivity index (χ2n) is 4.60. The van der Waals surface area contributed by atoms with E-state index in [1.807, 2.05) is 0 Å². The molecule has 2 aliphatic rings. The molecule has 2 aliphatic heterocycles. The average Bonchev–Trinajstić information content (AvgIpc) is 2.76. The summed E-state index contributed by atoms with van der Waals surface area (Å²) < 4.78 is 5.51. The maximum Gasteiger partial charge on any atom is 0.240 e. The average molecular weight is 241 g/mol. The summed E-state index contributed by atoms with van der Waals surface area (Å²) >= 11 is 0. The van der Waals surface area contributed by atoms with Crippen LogP contribution in [0.25, 0.3) is 0 Å². The predicted molar refractivity (Wildman–Crippen MR) is 61.2 cm³/mol. The molecular formula is C11H19N3O3. The summed E-state index contributed by atoms with van der Waals surface area (Å²) in [5.41, 5.74) is 5.12. The van der Waals surface area contributed by atoms with Crippen LogP contribution in [0, 0.1) is 0 Å². The van der Waals surface area contributed by atoms with Gasteiger partial charge in [0.2, 0.25) is 11.8 Å². The highest BCUT2D eigenvalue weighted by molar-refractivity contribution is 5.88. The standard InChI is InChI=1S/C11H19N3O3/c12-10(15)6-9-11(16)14(4-3-13-9)7-8-2-1-5-17-8/h8-9,13H,1-7H2,(H2,12,15). The molecule has 2 unspecified atom stereocenters. The topological polar surface area (TPSA) is 84.7 Å². The summed E-state index contributed by atoms with van der Waals surface area (Å²) in [4.78, 5) is 24.7. The van der Waals surface area contributed by atoms with Gasteiger partial charge in [-0.15, -0.1) is 0 Å². The van der Waals surface area contributed by atoms with Crippen LogP contribution in [-0.4, -0.2) is 55.1 Å².